The molecular weight excluding hydrogens is 713 g/mol. The van der Waals surface area contributed by atoms with Crippen LogP contribution < -0.4 is 68.9 Å². The van der Waals surface area contributed by atoms with Crippen LogP contribution in [0.3, 0.4) is 0 Å². The Morgan fingerprint density at radius 3 is 0.706 bits per heavy atom. The Hall–Kier alpha value is 0.652. The van der Waals surface area contributed by atoms with Crippen molar-refractivity contribution >= 4 is 20.0 Å². The summed E-state index contributed by atoms with van der Waals surface area (Å²) in [5, 5.41) is -16.4. The van der Waals surface area contributed by atoms with E-state index < -0.39 is 66.6 Å². The van der Waals surface area contributed by atoms with Crippen LogP contribution in [0.4, 0.5) is 79.0 Å². The molecule has 0 spiro atoms. The van der Waals surface area contributed by atoms with Crippen molar-refractivity contribution in [3.8, 4) is 0 Å². The summed E-state index contributed by atoms with van der Waals surface area (Å²) in [6.07, 6.45) is -15.6. The summed E-state index contributed by atoms with van der Waals surface area (Å²) < 4.78 is 269. The first-order valence-corrected chi connectivity index (χ1v) is 9.22. The number of halogens is 18. The molecule has 0 heterocycles. The molecule has 26 heteroatoms. The van der Waals surface area contributed by atoms with Gasteiger partial charge in [-0.1, -0.05) is 0 Å². The molecule has 5 nitrogen and oxygen atoms in total. The quantitative estimate of drug-likeness (QED) is 0.361. The van der Waals surface area contributed by atoms with Crippen molar-refractivity contribution in [1.29, 1.82) is 0 Å². The van der Waals surface area contributed by atoms with Gasteiger partial charge in [0, 0.05) is 0 Å². The summed E-state index contributed by atoms with van der Waals surface area (Å²) in [6.45, 7) is 0. The summed E-state index contributed by atoms with van der Waals surface area (Å²) in [7, 11) is -17.6. The molecule has 200 valence electrons. The Bertz CT molecular complexity index is 887. The van der Waals surface area contributed by atoms with Crippen LogP contribution in [0, 0.1) is 0 Å². The molecule has 0 N–H and O–H groups in total. The molecule has 34 heavy (non-hydrogen) atoms. The van der Waals surface area contributed by atoms with Gasteiger partial charge in [-0.3, -0.25) is 0 Å². The van der Waals surface area contributed by atoms with E-state index in [4.69, 9.17) is 0 Å². The maximum Gasteiger partial charge on any atom is 1.00 e. The Kier molecular flexibility index (Phi) is 10.2. The van der Waals surface area contributed by atoms with E-state index in [9.17, 15) is 95.9 Å². The number of hydrogen-bond donors (Lipinski definition) is 0. The smallest absolute Gasteiger partial charge is 0.425 e. The van der Waals surface area contributed by atoms with Crippen LogP contribution in [0.25, 0.3) is 4.13 Å². The molecule has 0 aliphatic carbocycles. The maximum absolute atomic E-state index is 13.2. The number of sulfonamides is 2. The molecule has 0 aliphatic heterocycles. The summed E-state index contributed by atoms with van der Waals surface area (Å²) in [5.74, 6) is -33.0. The first-order chi connectivity index (χ1) is 13.7. The van der Waals surface area contributed by atoms with Crippen molar-refractivity contribution in [3.05, 3.63) is 4.13 Å². The van der Waals surface area contributed by atoms with Gasteiger partial charge in [-0.05, 0) is 0 Å². The first-order valence-electron chi connectivity index (χ1n) is 6.34. The monoisotopic (exact) mass is 713 g/mol. The van der Waals surface area contributed by atoms with Crippen molar-refractivity contribution in [2.75, 3.05) is 0 Å². The minimum Gasteiger partial charge on any atom is -0.425 e. The average molecular weight is 713 g/mol. The molecule has 0 radical (unpaired) electrons. The minimum atomic E-state index is -8.81. The van der Waals surface area contributed by atoms with Crippen molar-refractivity contribution < 1.29 is 165 Å². The van der Waals surface area contributed by atoms with Crippen LogP contribution in [0.1, 0.15) is 0 Å². The molecule has 0 amide bonds. The molecule has 0 aromatic carbocycles. The van der Waals surface area contributed by atoms with Gasteiger partial charge in [-0.15, -0.1) is 0 Å². The van der Waals surface area contributed by atoms with E-state index in [1.165, 1.54) is 0 Å². The molecule has 0 atom stereocenters. The first kappa shape index (κ1) is 36.8. The molecule has 0 bridgehead atoms. The second-order valence-corrected chi connectivity index (χ2v) is 8.87. The molecule has 0 aromatic heterocycles. The van der Waals surface area contributed by atoms with Gasteiger partial charge in [0.05, 0.1) is 0 Å². The summed E-state index contributed by atoms with van der Waals surface area (Å²) in [6, 6.07) is 0. The molecule has 0 aromatic rings. The van der Waals surface area contributed by atoms with E-state index >= 15 is 0 Å². The average Bonchev–Trinajstić information content (AvgIpc) is 2.50. The van der Waals surface area contributed by atoms with E-state index in [2.05, 4.69) is 0 Å². The van der Waals surface area contributed by atoms with E-state index in [1.807, 2.05) is 0 Å². The molecule has 0 saturated carbocycles. The fourth-order valence-electron chi connectivity index (χ4n) is 1.27. The SMILES string of the molecule is O=S(=O)([N-]S(=O)(=O)C(F)(F)C(F)(F)C(F)(F)C(F)(F)F)C(F)(F)C(F)(F)C(F)(F)C(F)(F)F.[Cs+]. The van der Waals surface area contributed by atoms with Crippen LogP contribution in [0.15, 0.2) is 0 Å². The normalized spacial score (nSPS) is 16.3. The summed E-state index contributed by atoms with van der Waals surface area (Å²) in [4.78, 5) is 0. The minimum absolute atomic E-state index is 0. The molecule has 0 saturated heterocycles. The van der Waals surface area contributed by atoms with Crippen molar-refractivity contribution in [2.24, 2.45) is 0 Å². The zero-order valence-electron chi connectivity index (χ0n) is 14.7. The largest absolute Gasteiger partial charge is 1.00 e. The van der Waals surface area contributed by atoms with E-state index in [0.717, 1.165) is 0 Å². The topological polar surface area (TPSA) is 82.4 Å². The molecule has 0 aliphatic rings. The van der Waals surface area contributed by atoms with E-state index in [-0.39, 0.29) is 73.0 Å². The van der Waals surface area contributed by atoms with Crippen molar-refractivity contribution in [3.63, 3.8) is 0 Å². The Morgan fingerprint density at radius 2 is 0.559 bits per heavy atom. The molecule has 0 rings (SSSR count). The molecule has 0 unspecified atom stereocenters. The van der Waals surface area contributed by atoms with Crippen LogP contribution in [-0.2, 0) is 20.0 Å². The number of rotatable bonds is 8. The van der Waals surface area contributed by atoms with Gasteiger partial charge < -0.3 is 4.13 Å². The van der Waals surface area contributed by atoms with Crippen LogP contribution >= 0.6 is 0 Å². The number of alkyl halides is 18. The third-order valence-corrected chi connectivity index (χ3v) is 6.45. The third kappa shape index (κ3) is 5.29. The predicted molar refractivity (Wildman–Crippen MR) is 63.0 cm³/mol. The second-order valence-electron chi connectivity index (χ2n) is 5.35. The molecule has 0 fully saturated rings. The van der Waals surface area contributed by atoms with Gasteiger partial charge in [0.1, 0.15) is 0 Å². The Labute approximate surface area is 233 Å². The second kappa shape index (κ2) is 9.44. The summed E-state index contributed by atoms with van der Waals surface area (Å²) in [5.41, 5.74) is 0. The van der Waals surface area contributed by atoms with Gasteiger partial charge in [0.25, 0.3) is 0 Å². The van der Waals surface area contributed by atoms with E-state index in [0.29, 0.717) is 0 Å². The third-order valence-electron chi connectivity index (χ3n) is 3.08. The van der Waals surface area contributed by atoms with Crippen molar-refractivity contribution in [1.82, 2.24) is 0 Å². The van der Waals surface area contributed by atoms with Crippen LogP contribution in [0.2, 0.25) is 0 Å². The Balaban J connectivity index is 0. The van der Waals surface area contributed by atoms with Gasteiger partial charge in [0.15, 0.2) is 20.0 Å². The van der Waals surface area contributed by atoms with Gasteiger partial charge in [-0.25, -0.2) is 16.8 Å². The standard InChI is InChI=1S/C8F18NO4S2.Cs/c9-1(10,5(17,18)19)3(13,14)7(23,24)32(28,29)27-33(30,31)8(25,26)4(15,16)2(11,12)6(20,21)22;/q-1;+1. The van der Waals surface area contributed by atoms with Gasteiger partial charge >= 0.3 is 115 Å². The zero-order chi connectivity index (χ0) is 27.7. The van der Waals surface area contributed by atoms with E-state index in [1.54, 1.807) is 0 Å². The summed E-state index contributed by atoms with van der Waals surface area (Å²) >= 11 is 0. The maximum atomic E-state index is 13.2. The molecular formula is C8CsF18NO4S2. The predicted octanol–water partition coefficient (Wildman–Crippen LogP) is 1.88. The number of hydrogen-bond acceptors (Lipinski definition) is 4. The fraction of sp³-hybridized carbons (Fsp3) is 1.00. The zero-order valence-corrected chi connectivity index (χ0v) is 22.6. The Morgan fingerprint density at radius 1 is 0.382 bits per heavy atom. The fourth-order valence-corrected chi connectivity index (χ4v) is 3.95. The van der Waals surface area contributed by atoms with Gasteiger partial charge in [-0.2, -0.15) is 79.0 Å². The number of nitrogens with zero attached hydrogens (tertiary/aromatic N) is 1. The van der Waals surface area contributed by atoms with Crippen LogP contribution in [0.5, 0.6) is 0 Å². The van der Waals surface area contributed by atoms with Crippen molar-refractivity contribution in [2.45, 2.75) is 46.6 Å². The van der Waals surface area contributed by atoms with Gasteiger partial charge in [0.2, 0.25) is 0 Å². The van der Waals surface area contributed by atoms with Crippen LogP contribution in [-0.4, -0.2) is 63.4 Å².